The summed E-state index contributed by atoms with van der Waals surface area (Å²) in [7, 11) is 0. The Labute approximate surface area is 152 Å². The zero-order valence-electron chi connectivity index (χ0n) is 16.8. The van der Waals surface area contributed by atoms with Crippen molar-refractivity contribution in [2.24, 2.45) is 10.8 Å². The van der Waals surface area contributed by atoms with Crippen LogP contribution in [0.2, 0.25) is 0 Å². The lowest BCUT2D eigenvalue weighted by molar-refractivity contribution is -0.147. The summed E-state index contributed by atoms with van der Waals surface area (Å²) in [6.45, 7) is 15.0. The smallest absolute Gasteiger partial charge is 0.305 e. The van der Waals surface area contributed by atoms with Gasteiger partial charge in [-0.25, -0.2) is 0 Å². The van der Waals surface area contributed by atoms with Gasteiger partial charge in [0.25, 0.3) is 0 Å². The summed E-state index contributed by atoms with van der Waals surface area (Å²) in [6.07, 6.45) is 0.827. The third-order valence-electron chi connectivity index (χ3n) is 2.81. The van der Waals surface area contributed by atoms with Gasteiger partial charge in [-0.3, -0.25) is 9.59 Å². The summed E-state index contributed by atoms with van der Waals surface area (Å²) in [5.41, 5.74) is 0.199. The first-order valence-electron chi connectivity index (χ1n) is 8.96. The van der Waals surface area contributed by atoms with Crippen LogP contribution in [-0.4, -0.2) is 51.6 Å². The maximum absolute atomic E-state index is 11.5. The number of rotatable bonds is 12. The molecule has 0 unspecified atom stereocenters. The van der Waals surface area contributed by atoms with Gasteiger partial charge in [0.1, 0.15) is 13.2 Å². The zero-order valence-corrected chi connectivity index (χ0v) is 16.8. The highest BCUT2D eigenvalue weighted by Gasteiger charge is 2.11. The Hall–Kier alpha value is -1.14. The van der Waals surface area contributed by atoms with E-state index in [1.54, 1.807) is 0 Å². The van der Waals surface area contributed by atoms with Gasteiger partial charge in [-0.15, -0.1) is 0 Å². The van der Waals surface area contributed by atoms with E-state index < -0.39 is 0 Å². The first-order valence-corrected chi connectivity index (χ1v) is 8.96. The van der Waals surface area contributed by atoms with Gasteiger partial charge in [0.2, 0.25) is 0 Å². The summed E-state index contributed by atoms with van der Waals surface area (Å²) in [5.74, 6) is -0.638. The normalized spacial score (nSPS) is 12.1. The van der Waals surface area contributed by atoms with Crippen LogP contribution in [0.25, 0.3) is 0 Å². The van der Waals surface area contributed by atoms with Crippen LogP contribution < -0.4 is 0 Å². The lowest BCUT2D eigenvalue weighted by Crippen LogP contribution is -2.18. The quantitative estimate of drug-likeness (QED) is 0.392. The molecule has 0 aromatic heterocycles. The molecule has 0 saturated heterocycles. The van der Waals surface area contributed by atoms with Gasteiger partial charge in [-0.05, 0) is 17.3 Å². The first kappa shape index (κ1) is 23.9. The standard InChI is InChI=1S/C19H36O6/c1-18(2,3)14-22-10-12-24-16(20)8-7-9-17(21)25-13-11-23-15-19(4,5)6/h7-15H2,1-6H3. The minimum absolute atomic E-state index is 0.0994. The molecular formula is C19H36O6. The van der Waals surface area contributed by atoms with Crippen molar-refractivity contribution < 1.29 is 28.5 Å². The van der Waals surface area contributed by atoms with E-state index in [1.807, 2.05) is 0 Å². The Kier molecular flexibility index (Phi) is 11.7. The highest BCUT2D eigenvalue weighted by atomic mass is 16.6. The highest BCUT2D eigenvalue weighted by Crippen LogP contribution is 2.13. The molecule has 0 saturated carbocycles. The minimum Gasteiger partial charge on any atom is -0.463 e. The molecule has 0 radical (unpaired) electrons. The second-order valence-electron chi connectivity index (χ2n) is 8.52. The number of esters is 2. The lowest BCUT2D eigenvalue weighted by Gasteiger charge is -2.17. The number of carbonyl (C=O) groups is 2. The average molecular weight is 360 g/mol. The first-order chi connectivity index (χ1) is 11.5. The molecule has 0 atom stereocenters. The summed E-state index contributed by atoms with van der Waals surface area (Å²) in [4.78, 5) is 23.1. The molecule has 25 heavy (non-hydrogen) atoms. The monoisotopic (exact) mass is 360 g/mol. The number of hydrogen-bond acceptors (Lipinski definition) is 6. The number of hydrogen-bond donors (Lipinski definition) is 0. The minimum atomic E-state index is -0.319. The molecule has 0 bridgehead atoms. The van der Waals surface area contributed by atoms with Crippen LogP contribution >= 0.6 is 0 Å². The molecule has 0 aromatic carbocycles. The Morgan fingerprint density at radius 1 is 0.640 bits per heavy atom. The third-order valence-corrected chi connectivity index (χ3v) is 2.81. The van der Waals surface area contributed by atoms with Gasteiger partial charge in [0.15, 0.2) is 0 Å². The van der Waals surface area contributed by atoms with E-state index >= 15 is 0 Å². The fourth-order valence-electron chi connectivity index (χ4n) is 1.71. The van der Waals surface area contributed by atoms with Crippen molar-refractivity contribution in [3.8, 4) is 0 Å². The lowest BCUT2D eigenvalue weighted by atomic mass is 9.99. The van der Waals surface area contributed by atoms with Gasteiger partial charge in [-0.1, -0.05) is 41.5 Å². The van der Waals surface area contributed by atoms with Gasteiger partial charge >= 0.3 is 11.9 Å². The van der Waals surface area contributed by atoms with Crippen LogP contribution in [0.1, 0.15) is 60.8 Å². The molecule has 6 heteroatoms. The molecule has 0 amide bonds. The van der Waals surface area contributed by atoms with Crippen molar-refractivity contribution in [3.63, 3.8) is 0 Å². The fraction of sp³-hybridized carbons (Fsp3) is 0.895. The Bertz CT molecular complexity index is 342. The highest BCUT2D eigenvalue weighted by molar-refractivity contribution is 5.72. The van der Waals surface area contributed by atoms with E-state index in [4.69, 9.17) is 18.9 Å². The maximum Gasteiger partial charge on any atom is 0.305 e. The summed E-state index contributed by atoms with van der Waals surface area (Å²) >= 11 is 0. The molecule has 0 N–H and O–H groups in total. The van der Waals surface area contributed by atoms with Crippen LogP contribution in [0, 0.1) is 10.8 Å². The van der Waals surface area contributed by atoms with Crippen molar-refractivity contribution in [2.45, 2.75) is 60.8 Å². The van der Waals surface area contributed by atoms with Crippen LogP contribution in [0.15, 0.2) is 0 Å². The van der Waals surface area contributed by atoms with E-state index in [2.05, 4.69) is 41.5 Å². The van der Waals surface area contributed by atoms with Crippen molar-refractivity contribution in [3.05, 3.63) is 0 Å². The van der Waals surface area contributed by atoms with Gasteiger partial charge < -0.3 is 18.9 Å². The topological polar surface area (TPSA) is 71.1 Å². The zero-order chi connectivity index (χ0) is 19.3. The average Bonchev–Trinajstić information content (AvgIpc) is 2.44. The SMILES string of the molecule is CC(C)(C)COCCOC(=O)CCCC(=O)OCCOCC(C)(C)C. The molecule has 0 fully saturated rings. The van der Waals surface area contributed by atoms with E-state index in [0.717, 1.165) is 0 Å². The Morgan fingerprint density at radius 2 is 1.00 bits per heavy atom. The molecular weight excluding hydrogens is 324 g/mol. The fourth-order valence-corrected chi connectivity index (χ4v) is 1.71. The van der Waals surface area contributed by atoms with Gasteiger partial charge in [0.05, 0.1) is 26.4 Å². The van der Waals surface area contributed by atoms with Crippen LogP contribution in [-0.2, 0) is 28.5 Å². The second kappa shape index (κ2) is 12.3. The largest absolute Gasteiger partial charge is 0.463 e. The van der Waals surface area contributed by atoms with Crippen LogP contribution in [0.3, 0.4) is 0 Å². The molecule has 6 nitrogen and oxygen atoms in total. The molecule has 0 aromatic rings. The molecule has 0 spiro atoms. The maximum atomic E-state index is 11.5. The van der Waals surface area contributed by atoms with Crippen molar-refractivity contribution in [1.82, 2.24) is 0 Å². The third kappa shape index (κ3) is 19.0. The molecule has 0 rings (SSSR count). The number of carbonyl (C=O) groups excluding carboxylic acids is 2. The second-order valence-corrected chi connectivity index (χ2v) is 8.52. The van der Waals surface area contributed by atoms with Crippen LogP contribution in [0.4, 0.5) is 0 Å². The predicted molar refractivity (Wildman–Crippen MR) is 96.3 cm³/mol. The molecule has 0 aliphatic heterocycles. The van der Waals surface area contributed by atoms with E-state index in [1.165, 1.54) is 0 Å². The van der Waals surface area contributed by atoms with E-state index in [0.29, 0.717) is 32.8 Å². The van der Waals surface area contributed by atoms with Crippen LogP contribution in [0.5, 0.6) is 0 Å². The van der Waals surface area contributed by atoms with Gasteiger partial charge in [0, 0.05) is 12.8 Å². The predicted octanol–water partition coefficient (Wildman–Crippen LogP) is 3.37. The molecule has 148 valence electrons. The molecule has 0 aliphatic rings. The van der Waals surface area contributed by atoms with E-state index in [-0.39, 0.29) is 48.8 Å². The summed E-state index contributed by atoms with van der Waals surface area (Å²) in [6, 6.07) is 0. The van der Waals surface area contributed by atoms with Crippen molar-refractivity contribution >= 4 is 11.9 Å². The Balaban J connectivity index is 3.50. The Morgan fingerprint density at radius 3 is 1.32 bits per heavy atom. The summed E-state index contributed by atoms with van der Waals surface area (Å²) in [5, 5.41) is 0. The van der Waals surface area contributed by atoms with Crippen molar-refractivity contribution in [1.29, 1.82) is 0 Å². The van der Waals surface area contributed by atoms with Crippen molar-refractivity contribution in [2.75, 3.05) is 39.6 Å². The van der Waals surface area contributed by atoms with Gasteiger partial charge in [-0.2, -0.15) is 0 Å². The number of ether oxygens (including phenoxy) is 4. The molecule has 0 aliphatic carbocycles. The summed E-state index contributed by atoms with van der Waals surface area (Å²) < 4.78 is 20.9. The molecule has 0 heterocycles. The van der Waals surface area contributed by atoms with E-state index in [9.17, 15) is 9.59 Å².